The minimum Gasteiger partial charge on any atom is -0.481 e. The summed E-state index contributed by atoms with van der Waals surface area (Å²) in [6.45, 7) is 2.99. The molecule has 1 aromatic carbocycles. The third-order valence-electron chi connectivity index (χ3n) is 4.04. The van der Waals surface area contributed by atoms with E-state index in [0.29, 0.717) is 11.3 Å². The second-order valence-corrected chi connectivity index (χ2v) is 7.82. The molecule has 0 aliphatic carbocycles. The molecule has 2 rings (SSSR count). The van der Waals surface area contributed by atoms with Crippen molar-refractivity contribution in [3.8, 4) is 0 Å². The van der Waals surface area contributed by atoms with Gasteiger partial charge in [0.1, 0.15) is 11.9 Å². The van der Waals surface area contributed by atoms with Crippen LogP contribution < -0.4 is 10.6 Å². The van der Waals surface area contributed by atoms with Gasteiger partial charge in [-0.15, -0.1) is 11.8 Å². The Morgan fingerprint density at radius 3 is 2.68 bits per heavy atom. The number of carboxylic acids is 1. The second kappa shape index (κ2) is 7.86. The van der Waals surface area contributed by atoms with E-state index in [-0.39, 0.29) is 24.7 Å². The van der Waals surface area contributed by atoms with Gasteiger partial charge in [0.25, 0.3) is 0 Å². The van der Waals surface area contributed by atoms with Gasteiger partial charge in [0.2, 0.25) is 11.8 Å². The Bertz CT molecular complexity index is 680. The number of carbonyl (C=O) groups is 3. The van der Waals surface area contributed by atoms with Gasteiger partial charge in [0, 0.05) is 12.3 Å². The highest BCUT2D eigenvalue weighted by Gasteiger charge is 2.34. The summed E-state index contributed by atoms with van der Waals surface area (Å²) in [5.74, 6) is -1.76. The van der Waals surface area contributed by atoms with Gasteiger partial charge in [-0.05, 0) is 31.9 Å². The number of halogens is 1. The van der Waals surface area contributed by atoms with E-state index < -0.39 is 28.6 Å². The van der Waals surface area contributed by atoms with E-state index in [4.69, 9.17) is 5.11 Å². The third-order valence-corrected chi connectivity index (χ3v) is 5.35. The van der Waals surface area contributed by atoms with Crippen molar-refractivity contribution in [1.82, 2.24) is 10.6 Å². The second-order valence-electron chi connectivity index (χ2n) is 6.59. The van der Waals surface area contributed by atoms with Gasteiger partial charge < -0.3 is 15.7 Å². The zero-order chi connectivity index (χ0) is 18.6. The molecule has 1 saturated heterocycles. The highest BCUT2D eigenvalue weighted by atomic mass is 32.2. The Labute approximate surface area is 149 Å². The maximum atomic E-state index is 13.7. The van der Waals surface area contributed by atoms with Crippen LogP contribution in [-0.2, 0) is 20.8 Å². The highest BCUT2D eigenvalue weighted by molar-refractivity contribution is 8.00. The molecular weight excluding hydrogens is 347 g/mol. The fourth-order valence-electron chi connectivity index (χ4n) is 2.26. The number of hydrogen-bond donors (Lipinski definition) is 3. The summed E-state index contributed by atoms with van der Waals surface area (Å²) in [5, 5.41) is 13.8. The van der Waals surface area contributed by atoms with Gasteiger partial charge in [-0.25, -0.2) is 4.39 Å². The smallest absolute Gasteiger partial charge is 0.310 e. The molecule has 1 aliphatic rings. The van der Waals surface area contributed by atoms with Crippen LogP contribution in [-0.4, -0.2) is 46.5 Å². The zero-order valence-corrected chi connectivity index (χ0v) is 14.9. The lowest BCUT2D eigenvalue weighted by Crippen LogP contribution is -2.55. The number of thioether (sulfide) groups is 1. The van der Waals surface area contributed by atoms with E-state index >= 15 is 0 Å². The van der Waals surface area contributed by atoms with Crippen LogP contribution in [0.5, 0.6) is 0 Å². The standard InChI is InChI=1S/C17H21FN2O4S/c1-17(2,16(23)24)9-19-14(21)12-8-25-13(15(22)20-12)7-10-5-3-4-6-11(10)18/h3-6,12-13H,7-9H2,1-2H3,(H,19,21)(H,20,22)(H,23,24). The van der Waals surface area contributed by atoms with E-state index in [1.807, 2.05) is 0 Å². The topological polar surface area (TPSA) is 95.5 Å². The number of rotatable bonds is 6. The summed E-state index contributed by atoms with van der Waals surface area (Å²) in [6.07, 6.45) is 0.254. The molecule has 2 amide bonds. The van der Waals surface area contributed by atoms with Crippen molar-refractivity contribution >= 4 is 29.5 Å². The fraction of sp³-hybridized carbons (Fsp3) is 0.471. The molecule has 6 nitrogen and oxygen atoms in total. The van der Waals surface area contributed by atoms with Crippen molar-refractivity contribution in [3.63, 3.8) is 0 Å². The zero-order valence-electron chi connectivity index (χ0n) is 14.0. The van der Waals surface area contributed by atoms with Crippen LogP contribution in [0, 0.1) is 11.2 Å². The predicted molar refractivity (Wildman–Crippen MR) is 92.7 cm³/mol. The summed E-state index contributed by atoms with van der Waals surface area (Å²) in [7, 11) is 0. The average Bonchev–Trinajstić information content (AvgIpc) is 2.56. The highest BCUT2D eigenvalue weighted by Crippen LogP contribution is 2.23. The van der Waals surface area contributed by atoms with E-state index in [2.05, 4.69) is 10.6 Å². The lowest BCUT2D eigenvalue weighted by atomic mass is 9.94. The minimum atomic E-state index is -1.09. The van der Waals surface area contributed by atoms with Crippen molar-refractivity contribution in [2.45, 2.75) is 31.6 Å². The first kappa shape index (κ1) is 19.2. The van der Waals surface area contributed by atoms with E-state index in [1.165, 1.54) is 31.7 Å². The molecule has 2 unspecified atom stereocenters. The molecule has 25 heavy (non-hydrogen) atoms. The Balaban J connectivity index is 1.88. The molecule has 0 radical (unpaired) electrons. The molecule has 0 bridgehead atoms. The van der Waals surface area contributed by atoms with E-state index in [0.717, 1.165) is 0 Å². The summed E-state index contributed by atoms with van der Waals surface area (Å²) < 4.78 is 13.7. The number of aliphatic carboxylic acids is 1. The Hall–Kier alpha value is -2.09. The molecule has 0 spiro atoms. The van der Waals surface area contributed by atoms with Crippen LogP contribution in [0.1, 0.15) is 19.4 Å². The minimum absolute atomic E-state index is 0.0309. The Kier molecular flexibility index (Phi) is 6.05. The average molecular weight is 368 g/mol. The van der Waals surface area contributed by atoms with Crippen molar-refractivity contribution in [2.75, 3.05) is 12.3 Å². The summed E-state index contributed by atoms with van der Waals surface area (Å²) in [4.78, 5) is 35.4. The van der Waals surface area contributed by atoms with Crippen molar-refractivity contribution < 1.29 is 23.9 Å². The van der Waals surface area contributed by atoms with Gasteiger partial charge in [-0.2, -0.15) is 0 Å². The molecule has 0 saturated carbocycles. The fourth-order valence-corrected chi connectivity index (χ4v) is 3.43. The van der Waals surface area contributed by atoms with Crippen LogP contribution in [0.2, 0.25) is 0 Å². The van der Waals surface area contributed by atoms with E-state index in [9.17, 15) is 18.8 Å². The number of carbonyl (C=O) groups excluding carboxylic acids is 2. The van der Waals surface area contributed by atoms with Gasteiger partial charge >= 0.3 is 5.97 Å². The largest absolute Gasteiger partial charge is 0.481 e. The van der Waals surface area contributed by atoms with Crippen LogP contribution in [0.25, 0.3) is 0 Å². The van der Waals surface area contributed by atoms with E-state index in [1.54, 1.807) is 18.2 Å². The van der Waals surface area contributed by atoms with Crippen LogP contribution >= 0.6 is 11.8 Å². The molecule has 1 heterocycles. The maximum Gasteiger partial charge on any atom is 0.310 e. The summed E-state index contributed by atoms with van der Waals surface area (Å²) in [6, 6.07) is 5.56. The third kappa shape index (κ3) is 4.94. The summed E-state index contributed by atoms with van der Waals surface area (Å²) >= 11 is 1.30. The van der Waals surface area contributed by atoms with Gasteiger partial charge in [0.05, 0.1) is 10.7 Å². The van der Waals surface area contributed by atoms with Gasteiger partial charge in [-0.3, -0.25) is 14.4 Å². The molecule has 136 valence electrons. The molecule has 8 heteroatoms. The molecule has 3 N–H and O–H groups in total. The first-order valence-corrected chi connectivity index (χ1v) is 8.92. The molecule has 1 fully saturated rings. The quantitative estimate of drug-likeness (QED) is 0.701. The van der Waals surface area contributed by atoms with Crippen molar-refractivity contribution in [1.29, 1.82) is 0 Å². The van der Waals surface area contributed by atoms with Crippen molar-refractivity contribution in [3.05, 3.63) is 35.6 Å². The monoisotopic (exact) mass is 368 g/mol. The number of hydrogen-bond acceptors (Lipinski definition) is 4. The Morgan fingerprint density at radius 1 is 1.40 bits per heavy atom. The maximum absolute atomic E-state index is 13.7. The number of nitrogens with one attached hydrogen (secondary N) is 2. The van der Waals surface area contributed by atoms with Crippen LogP contribution in [0.4, 0.5) is 4.39 Å². The summed E-state index contributed by atoms with van der Waals surface area (Å²) in [5.41, 5.74) is -0.629. The normalized spacial score (nSPS) is 20.7. The molecule has 1 aliphatic heterocycles. The number of benzene rings is 1. The predicted octanol–water partition coefficient (Wildman–Crippen LogP) is 1.20. The first-order valence-electron chi connectivity index (χ1n) is 7.87. The number of carboxylic acid groups (broad SMARTS) is 1. The van der Waals surface area contributed by atoms with Crippen LogP contribution in [0.15, 0.2) is 24.3 Å². The molecular formula is C17H21FN2O4S. The Morgan fingerprint density at radius 2 is 2.08 bits per heavy atom. The lowest BCUT2D eigenvalue weighted by Gasteiger charge is -2.29. The van der Waals surface area contributed by atoms with Crippen LogP contribution in [0.3, 0.4) is 0 Å². The number of amides is 2. The lowest BCUT2D eigenvalue weighted by molar-refractivity contribution is -0.147. The first-order chi connectivity index (χ1) is 11.7. The van der Waals surface area contributed by atoms with Gasteiger partial charge in [-0.1, -0.05) is 18.2 Å². The molecule has 0 aromatic heterocycles. The SMILES string of the molecule is CC(C)(CNC(=O)C1CSC(Cc2ccccc2F)C(=O)N1)C(=O)O. The molecule has 1 aromatic rings. The van der Waals surface area contributed by atoms with Crippen molar-refractivity contribution in [2.24, 2.45) is 5.41 Å². The van der Waals surface area contributed by atoms with Gasteiger partial charge in [0.15, 0.2) is 0 Å². The molecule has 2 atom stereocenters.